The minimum Gasteiger partial charge on any atom is -0.320 e. The zero-order chi connectivity index (χ0) is 15.6. The lowest BCUT2D eigenvalue weighted by Gasteiger charge is -2.15. The first-order chi connectivity index (χ1) is 9.79. The van der Waals surface area contributed by atoms with Crippen molar-refractivity contribution in [3.63, 3.8) is 0 Å². The second-order valence-corrected chi connectivity index (χ2v) is 4.53. The van der Waals surface area contributed by atoms with Gasteiger partial charge in [0.05, 0.1) is 16.3 Å². The van der Waals surface area contributed by atoms with Crippen LogP contribution in [-0.4, -0.2) is 5.91 Å². The van der Waals surface area contributed by atoms with E-state index in [0.29, 0.717) is 0 Å². The van der Waals surface area contributed by atoms with Crippen LogP contribution in [0.3, 0.4) is 0 Å². The van der Waals surface area contributed by atoms with Crippen molar-refractivity contribution in [1.82, 2.24) is 0 Å². The number of hydrogen-bond donors (Lipinski definition) is 1. The standard InChI is InChI=1S/C14H8ClF4NO/c15-11-3-1-2-10(14(17,18)19)12(11)20-13(21)8-4-6-9(16)7-5-8/h1-7H,(H,20,21). The Balaban J connectivity index is 2.35. The van der Waals surface area contributed by atoms with Crippen LogP contribution < -0.4 is 5.32 Å². The maximum Gasteiger partial charge on any atom is 0.418 e. The first-order valence-electron chi connectivity index (χ1n) is 5.71. The summed E-state index contributed by atoms with van der Waals surface area (Å²) in [5.74, 6) is -1.37. The third-order valence-corrected chi connectivity index (χ3v) is 2.98. The Morgan fingerprint density at radius 3 is 2.24 bits per heavy atom. The lowest BCUT2D eigenvalue weighted by Crippen LogP contribution is -2.17. The van der Waals surface area contributed by atoms with E-state index in [2.05, 4.69) is 5.32 Å². The van der Waals surface area contributed by atoms with Crippen molar-refractivity contribution in [2.24, 2.45) is 0 Å². The van der Waals surface area contributed by atoms with E-state index >= 15 is 0 Å². The number of rotatable bonds is 2. The van der Waals surface area contributed by atoms with Crippen LogP contribution in [0.25, 0.3) is 0 Å². The number of carbonyl (C=O) groups excluding carboxylic acids is 1. The van der Waals surface area contributed by atoms with Gasteiger partial charge in [-0.1, -0.05) is 17.7 Å². The fourth-order valence-corrected chi connectivity index (χ4v) is 1.90. The van der Waals surface area contributed by atoms with Gasteiger partial charge in [-0.05, 0) is 36.4 Å². The molecule has 0 fully saturated rings. The number of hydrogen-bond acceptors (Lipinski definition) is 1. The zero-order valence-electron chi connectivity index (χ0n) is 10.3. The van der Waals surface area contributed by atoms with Gasteiger partial charge in [0.15, 0.2) is 0 Å². The topological polar surface area (TPSA) is 29.1 Å². The molecule has 2 aromatic rings. The molecule has 110 valence electrons. The van der Waals surface area contributed by atoms with Crippen LogP contribution in [0.4, 0.5) is 23.2 Å². The van der Waals surface area contributed by atoms with Crippen molar-refractivity contribution >= 4 is 23.2 Å². The molecule has 0 saturated carbocycles. The van der Waals surface area contributed by atoms with Crippen LogP contribution >= 0.6 is 11.6 Å². The fourth-order valence-electron chi connectivity index (χ4n) is 1.67. The van der Waals surface area contributed by atoms with Gasteiger partial charge in [-0.2, -0.15) is 13.2 Å². The smallest absolute Gasteiger partial charge is 0.320 e. The molecule has 0 aliphatic heterocycles. The van der Waals surface area contributed by atoms with E-state index in [1.54, 1.807) is 0 Å². The molecule has 1 N–H and O–H groups in total. The molecule has 0 unspecified atom stereocenters. The van der Waals surface area contributed by atoms with Gasteiger partial charge in [0.25, 0.3) is 5.91 Å². The van der Waals surface area contributed by atoms with Crippen LogP contribution in [0.1, 0.15) is 15.9 Å². The molecule has 0 saturated heterocycles. The van der Waals surface area contributed by atoms with Crippen LogP contribution in [-0.2, 0) is 6.18 Å². The van der Waals surface area contributed by atoms with E-state index in [1.807, 2.05) is 0 Å². The average Bonchev–Trinajstić information content (AvgIpc) is 2.40. The summed E-state index contributed by atoms with van der Waals surface area (Å²) in [6.07, 6.45) is -4.66. The summed E-state index contributed by atoms with van der Waals surface area (Å²) >= 11 is 5.72. The summed E-state index contributed by atoms with van der Waals surface area (Å²) in [5, 5.41) is 1.87. The fraction of sp³-hybridized carbons (Fsp3) is 0.0714. The summed E-state index contributed by atoms with van der Waals surface area (Å²) < 4.78 is 51.4. The maximum atomic E-state index is 12.9. The second kappa shape index (κ2) is 5.73. The van der Waals surface area contributed by atoms with E-state index in [-0.39, 0.29) is 10.6 Å². The molecule has 2 nitrogen and oxygen atoms in total. The minimum absolute atomic E-state index is 0.0180. The van der Waals surface area contributed by atoms with Crippen molar-refractivity contribution in [3.05, 3.63) is 64.4 Å². The van der Waals surface area contributed by atoms with Gasteiger partial charge in [0.1, 0.15) is 5.82 Å². The van der Waals surface area contributed by atoms with Crippen molar-refractivity contribution in [3.8, 4) is 0 Å². The van der Waals surface area contributed by atoms with Crippen LogP contribution in [0.5, 0.6) is 0 Å². The first-order valence-corrected chi connectivity index (χ1v) is 6.09. The lowest BCUT2D eigenvalue weighted by molar-refractivity contribution is -0.136. The maximum absolute atomic E-state index is 12.9. The van der Waals surface area contributed by atoms with E-state index in [4.69, 9.17) is 11.6 Å². The van der Waals surface area contributed by atoms with E-state index in [0.717, 1.165) is 36.4 Å². The molecule has 0 aliphatic rings. The summed E-state index contributed by atoms with van der Waals surface area (Å²) in [6, 6.07) is 7.57. The predicted molar refractivity (Wildman–Crippen MR) is 70.8 cm³/mol. The summed E-state index contributed by atoms with van der Waals surface area (Å²) in [4.78, 5) is 11.9. The quantitative estimate of drug-likeness (QED) is 0.796. The van der Waals surface area contributed by atoms with Gasteiger partial charge < -0.3 is 5.32 Å². The van der Waals surface area contributed by atoms with Gasteiger partial charge in [-0.25, -0.2) is 4.39 Å². The van der Waals surface area contributed by atoms with Crippen molar-refractivity contribution in [1.29, 1.82) is 0 Å². The highest BCUT2D eigenvalue weighted by atomic mass is 35.5. The Kier molecular flexibility index (Phi) is 4.18. The average molecular weight is 318 g/mol. The largest absolute Gasteiger partial charge is 0.418 e. The molecule has 2 aromatic carbocycles. The molecular formula is C14H8ClF4NO. The highest BCUT2D eigenvalue weighted by Gasteiger charge is 2.34. The number of nitrogens with one attached hydrogen (secondary N) is 1. The third-order valence-electron chi connectivity index (χ3n) is 2.66. The van der Waals surface area contributed by atoms with Gasteiger partial charge in [-0.15, -0.1) is 0 Å². The minimum atomic E-state index is -4.66. The summed E-state index contributed by atoms with van der Waals surface area (Å²) in [7, 11) is 0. The number of carbonyl (C=O) groups is 1. The first kappa shape index (κ1) is 15.3. The molecule has 7 heteroatoms. The molecule has 0 spiro atoms. The van der Waals surface area contributed by atoms with Crippen molar-refractivity contribution in [2.45, 2.75) is 6.18 Å². The SMILES string of the molecule is O=C(Nc1c(Cl)cccc1C(F)(F)F)c1ccc(F)cc1. The normalized spacial score (nSPS) is 11.3. The van der Waals surface area contributed by atoms with E-state index < -0.39 is 29.2 Å². The van der Waals surface area contributed by atoms with Gasteiger partial charge in [0, 0.05) is 5.56 Å². The zero-order valence-corrected chi connectivity index (χ0v) is 11.1. The molecule has 0 atom stereocenters. The number of amides is 1. The van der Waals surface area contributed by atoms with Crippen LogP contribution in [0, 0.1) is 5.82 Å². The Labute approximate surface area is 122 Å². The van der Waals surface area contributed by atoms with E-state index in [9.17, 15) is 22.4 Å². The molecule has 21 heavy (non-hydrogen) atoms. The number of alkyl halides is 3. The van der Waals surface area contributed by atoms with E-state index in [1.165, 1.54) is 6.07 Å². The van der Waals surface area contributed by atoms with Gasteiger partial charge >= 0.3 is 6.18 Å². The molecule has 0 bridgehead atoms. The highest BCUT2D eigenvalue weighted by Crippen LogP contribution is 2.38. The molecule has 2 rings (SSSR count). The van der Waals surface area contributed by atoms with Crippen molar-refractivity contribution < 1.29 is 22.4 Å². The Hall–Kier alpha value is -2.08. The lowest BCUT2D eigenvalue weighted by atomic mass is 10.1. The number of para-hydroxylation sites is 1. The number of anilines is 1. The van der Waals surface area contributed by atoms with Gasteiger partial charge in [0.2, 0.25) is 0 Å². The van der Waals surface area contributed by atoms with Crippen LogP contribution in [0.2, 0.25) is 5.02 Å². The molecule has 0 heterocycles. The number of halogens is 5. The van der Waals surface area contributed by atoms with Crippen LogP contribution in [0.15, 0.2) is 42.5 Å². The van der Waals surface area contributed by atoms with Crippen molar-refractivity contribution in [2.75, 3.05) is 5.32 Å². The Bertz CT molecular complexity index is 668. The monoisotopic (exact) mass is 317 g/mol. The summed E-state index contributed by atoms with van der Waals surface area (Å²) in [6.45, 7) is 0. The predicted octanol–water partition coefficient (Wildman–Crippen LogP) is 4.75. The molecule has 1 amide bonds. The summed E-state index contributed by atoms with van der Waals surface area (Å²) in [5.41, 5.74) is -1.56. The molecule has 0 aliphatic carbocycles. The third kappa shape index (κ3) is 3.52. The Morgan fingerprint density at radius 1 is 1.05 bits per heavy atom. The molecular weight excluding hydrogens is 310 g/mol. The molecule has 0 aromatic heterocycles. The number of benzene rings is 2. The Morgan fingerprint density at radius 2 is 1.67 bits per heavy atom. The molecule has 0 radical (unpaired) electrons. The highest BCUT2D eigenvalue weighted by molar-refractivity contribution is 6.34. The second-order valence-electron chi connectivity index (χ2n) is 4.12. The van der Waals surface area contributed by atoms with Gasteiger partial charge in [-0.3, -0.25) is 4.79 Å².